The number of nitriles is 1. The van der Waals surface area contributed by atoms with Gasteiger partial charge in [-0.2, -0.15) is 5.26 Å². The highest BCUT2D eigenvalue weighted by atomic mass is 35.5. The summed E-state index contributed by atoms with van der Waals surface area (Å²) in [4.78, 5) is 15.0. The van der Waals surface area contributed by atoms with Gasteiger partial charge >= 0.3 is 5.69 Å². The number of hydrogen-bond acceptors (Lipinski definition) is 6. The van der Waals surface area contributed by atoms with Crippen LogP contribution in [-0.4, -0.2) is 16.5 Å². The molecule has 3 rings (SSSR count). The summed E-state index contributed by atoms with van der Waals surface area (Å²) in [5.41, 5.74) is 1.04. The van der Waals surface area contributed by atoms with Crippen molar-refractivity contribution in [2.45, 2.75) is 6.92 Å². The average molecular weight is 423 g/mol. The van der Waals surface area contributed by atoms with E-state index in [1.54, 1.807) is 6.92 Å². The lowest BCUT2D eigenvalue weighted by molar-refractivity contribution is -0.385. The Hall–Kier alpha value is -3.15. The molecule has 0 unspecified atom stereocenters. The maximum Gasteiger partial charge on any atom is 0.311 e. The number of benzene rings is 2. The van der Waals surface area contributed by atoms with Gasteiger partial charge in [0.2, 0.25) is 0 Å². The summed E-state index contributed by atoms with van der Waals surface area (Å²) in [6.45, 7) is 1.97. The predicted octanol–water partition coefficient (Wildman–Crippen LogP) is 5.37. The zero-order valence-corrected chi connectivity index (χ0v) is 16.0. The maximum atomic E-state index is 13.4. The summed E-state index contributed by atoms with van der Waals surface area (Å²) in [6.07, 6.45) is 1.34. The number of rotatable bonds is 5. The zero-order chi connectivity index (χ0) is 19.6. The van der Waals surface area contributed by atoms with Crippen LogP contribution in [0.25, 0.3) is 10.9 Å². The highest BCUT2D eigenvalue weighted by molar-refractivity contribution is 6.31. The van der Waals surface area contributed by atoms with Crippen molar-refractivity contribution in [1.82, 2.24) is 4.98 Å². The normalized spacial score (nSPS) is 10.1. The molecule has 0 bridgehead atoms. The van der Waals surface area contributed by atoms with Crippen LogP contribution in [0.3, 0.4) is 0 Å². The molecule has 144 valence electrons. The molecule has 0 aliphatic rings. The standard InChI is InChI=1S/C18H12ClFN4O3.ClH/c1-2-27-17-7-15-12(6-16(17)24(25)26)18(10(8-21)9-22-15)23-11-3-4-14(20)13(19)5-11;/h3-7,9H,2H2,1H3,(H,22,23);1H. The van der Waals surface area contributed by atoms with E-state index in [0.29, 0.717) is 22.3 Å². The summed E-state index contributed by atoms with van der Waals surface area (Å²) in [6, 6.07) is 8.70. The number of nitro benzene ring substituents is 1. The first-order chi connectivity index (χ1) is 12.9. The minimum atomic E-state index is -0.584. The van der Waals surface area contributed by atoms with Gasteiger partial charge in [-0.3, -0.25) is 15.1 Å². The van der Waals surface area contributed by atoms with E-state index in [-0.39, 0.29) is 41.0 Å². The number of fused-ring (bicyclic) bond motifs is 1. The van der Waals surface area contributed by atoms with Crippen LogP contribution < -0.4 is 10.1 Å². The molecule has 0 spiro atoms. The molecule has 3 aromatic rings. The van der Waals surface area contributed by atoms with Gasteiger partial charge in [0.05, 0.1) is 33.3 Å². The second-order valence-corrected chi connectivity index (χ2v) is 5.85. The van der Waals surface area contributed by atoms with E-state index in [1.165, 1.54) is 36.5 Å². The van der Waals surface area contributed by atoms with Gasteiger partial charge in [-0.1, -0.05) is 11.6 Å². The molecule has 0 atom stereocenters. The first-order valence-corrected chi connectivity index (χ1v) is 8.18. The number of hydrogen-bond donors (Lipinski definition) is 1. The highest BCUT2D eigenvalue weighted by Gasteiger charge is 2.20. The van der Waals surface area contributed by atoms with Crippen molar-refractivity contribution in [3.63, 3.8) is 0 Å². The minimum Gasteiger partial charge on any atom is -0.487 e. The van der Waals surface area contributed by atoms with Crippen LogP contribution in [0, 0.1) is 27.3 Å². The lowest BCUT2D eigenvalue weighted by Gasteiger charge is -2.13. The van der Waals surface area contributed by atoms with Crippen molar-refractivity contribution in [2.75, 3.05) is 11.9 Å². The Labute approximate surface area is 170 Å². The van der Waals surface area contributed by atoms with Crippen LogP contribution in [0.5, 0.6) is 5.75 Å². The molecule has 0 amide bonds. The van der Waals surface area contributed by atoms with Gasteiger partial charge in [-0.25, -0.2) is 4.39 Å². The second kappa shape index (κ2) is 8.69. The Bertz CT molecular complexity index is 1100. The Kier molecular flexibility index (Phi) is 6.57. The van der Waals surface area contributed by atoms with Gasteiger partial charge in [-0.15, -0.1) is 12.4 Å². The predicted molar refractivity (Wildman–Crippen MR) is 106 cm³/mol. The van der Waals surface area contributed by atoms with E-state index in [4.69, 9.17) is 16.3 Å². The molecule has 10 heteroatoms. The molecule has 1 heterocycles. The largest absolute Gasteiger partial charge is 0.487 e. The summed E-state index contributed by atoms with van der Waals surface area (Å²) in [5, 5.41) is 24.0. The topological polar surface area (TPSA) is 101 Å². The molecule has 0 saturated heterocycles. The fourth-order valence-corrected chi connectivity index (χ4v) is 2.74. The first-order valence-electron chi connectivity index (χ1n) is 7.80. The molecule has 0 radical (unpaired) electrons. The smallest absolute Gasteiger partial charge is 0.311 e. The lowest BCUT2D eigenvalue weighted by Crippen LogP contribution is -2.01. The van der Waals surface area contributed by atoms with Crippen molar-refractivity contribution in [2.24, 2.45) is 0 Å². The van der Waals surface area contributed by atoms with Gasteiger partial charge in [0.1, 0.15) is 11.9 Å². The quantitative estimate of drug-likeness (QED) is 0.437. The molecule has 0 aliphatic heterocycles. The van der Waals surface area contributed by atoms with Gasteiger partial charge < -0.3 is 10.1 Å². The van der Waals surface area contributed by atoms with Gasteiger partial charge in [-0.05, 0) is 25.1 Å². The Balaban J connectivity index is 0.00000280. The molecule has 1 N–H and O–H groups in total. The Morgan fingerprint density at radius 3 is 2.75 bits per heavy atom. The van der Waals surface area contributed by atoms with Crippen LogP contribution in [0.2, 0.25) is 5.02 Å². The number of nitrogens with zero attached hydrogens (tertiary/aromatic N) is 3. The van der Waals surface area contributed by atoms with Crippen LogP contribution >= 0.6 is 24.0 Å². The Morgan fingerprint density at radius 1 is 1.39 bits per heavy atom. The van der Waals surface area contributed by atoms with Gasteiger partial charge in [0, 0.05) is 29.4 Å². The van der Waals surface area contributed by atoms with Gasteiger partial charge in [0.25, 0.3) is 0 Å². The highest BCUT2D eigenvalue weighted by Crippen LogP contribution is 2.37. The third-order valence-electron chi connectivity index (χ3n) is 3.75. The molecule has 7 nitrogen and oxygen atoms in total. The summed E-state index contributed by atoms with van der Waals surface area (Å²) in [5.74, 6) is -0.498. The van der Waals surface area contributed by atoms with Crippen molar-refractivity contribution in [3.8, 4) is 11.8 Å². The third-order valence-corrected chi connectivity index (χ3v) is 4.04. The average Bonchev–Trinajstić information content (AvgIpc) is 2.64. The Morgan fingerprint density at radius 2 is 2.14 bits per heavy atom. The van der Waals surface area contributed by atoms with Crippen LogP contribution in [0.4, 0.5) is 21.5 Å². The fraction of sp³-hybridized carbons (Fsp3) is 0.111. The molecular weight excluding hydrogens is 410 g/mol. The molecule has 0 fully saturated rings. The lowest BCUT2D eigenvalue weighted by atomic mass is 10.1. The molecular formula is C18H13Cl2FN4O3. The number of nitro groups is 1. The molecule has 0 saturated carbocycles. The van der Waals surface area contributed by atoms with Crippen LogP contribution in [0.15, 0.2) is 36.5 Å². The summed E-state index contributed by atoms with van der Waals surface area (Å²) >= 11 is 5.80. The summed E-state index contributed by atoms with van der Waals surface area (Å²) in [7, 11) is 0. The van der Waals surface area contributed by atoms with Crippen molar-refractivity contribution >= 4 is 52.0 Å². The van der Waals surface area contributed by atoms with Crippen molar-refractivity contribution in [3.05, 3.63) is 63.0 Å². The van der Waals surface area contributed by atoms with E-state index in [0.717, 1.165) is 0 Å². The number of halogens is 3. The van der Waals surface area contributed by atoms with E-state index < -0.39 is 10.7 Å². The van der Waals surface area contributed by atoms with Crippen LogP contribution in [-0.2, 0) is 0 Å². The first kappa shape index (κ1) is 21.2. The number of nitrogens with one attached hydrogen (secondary N) is 1. The van der Waals surface area contributed by atoms with E-state index in [9.17, 15) is 19.8 Å². The number of anilines is 2. The molecule has 2 aromatic carbocycles. The van der Waals surface area contributed by atoms with Crippen molar-refractivity contribution in [1.29, 1.82) is 5.26 Å². The van der Waals surface area contributed by atoms with Gasteiger partial charge in [0.15, 0.2) is 5.75 Å². The van der Waals surface area contributed by atoms with E-state index >= 15 is 0 Å². The molecule has 28 heavy (non-hydrogen) atoms. The monoisotopic (exact) mass is 422 g/mol. The number of pyridine rings is 1. The van der Waals surface area contributed by atoms with E-state index in [2.05, 4.69) is 10.3 Å². The second-order valence-electron chi connectivity index (χ2n) is 5.44. The SMILES string of the molecule is CCOc1cc2ncc(C#N)c(Nc3ccc(F)c(Cl)c3)c2cc1[N+](=O)[O-].Cl. The summed E-state index contributed by atoms with van der Waals surface area (Å²) < 4.78 is 18.7. The van der Waals surface area contributed by atoms with Crippen LogP contribution in [0.1, 0.15) is 12.5 Å². The van der Waals surface area contributed by atoms with E-state index in [1.807, 2.05) is 6.07 Å². The molecule has 1 aromatic heterocycles. The minimum absolute atomic E-state index is 0. The van der Waals surface area contributed by atoms with Crippen molar-refractivity contribution < 1.29 is 14.1 Å². The fourth-order valence-electron chi connectivity index (χ4n) is 2.56. The zero-order valence-electron chi connectivity index (χ0n) is 14.4. The number of ether oxygens (including phenoxy) is 1. The third kappa shape index (κ3) is 4.06. The molecule has 0 aliphatic carbocycles. The maximum absolute atomic E-state index is 13.4. The number of aromatic nitrogens is 1.